The topological polar surface area (TPSA) is 44.2 Å². The van der Waals surface area contributed by atoms with Crippen LogP contribution < -0.4 is 9.47 Å². The molecule has 1 aliphatic rings. The molecule has 1 aliphatic heterocycles. The largest absolute Gasteiger partial charge is 0.448 e. The molecule has 0 unspecified atom stereocenters. The first-order valence-corrected chi connectivity index (χ1v) is 9.15. The van der Waals surface area contributed by atoms with Gasteiger partial charge in [0.05, 0.1) is 5.69 Å². The van der Waals surface area contributed by atoms with Crippen molar-refractivity contribution >= 4 is 10.8 Å². The van der Waals surface area contributed by atoms with Gasteiger partial charge in [-0.1, -0.05) is 54.6 Å². The number of nitrogens with zero attached hydrogens (tertiary/aromatic N) is 2. The van der Waals surface area contributed by atoms with Crippen LogP contribution in [0.5, 0.6) is 23.1 Å². The minimum absolute atomic E-state index is 0.423. The van der Waals surface area contributed by atoms with Gasteiger partial charge < -0.3 is 9.47 Å². The number of rotatable bonds is 4. The molecule has 0 saturated heterocycles. The van der Waals surface area contributed by atoms with E-state index in [1.54, 1.807) is 0 Å². The molecule has 132 valence electrons. The summed E-state index contributed by atoms with van der Waals surface area (Å²) < 4.78 is 11.7. The third-order valence-corrected chi connectivity index (χ3v) is 4.81. The lowest BCUT2D eigenvalue weighted by atomic mass is 10.00. The lowest BCUT2D eigenvalue weighted by molar-refractivity contribution is 0.342. The summed E-state index contributed by atoms with van der Waals surface area (Å²) in [6.07, 6.45) is 2.84. The standard InChI is InChI=1S/C23H18N2O2/c1-2-12-19-16(7-1)8-5-9-17(19)10-6-11-18-15-22-23(25-24-18)27-21-14-4-3-13-20(21)26-22/h1-5,7-9,12-15H,6,10-11H2. The molecule has 0 N–H and O–H groups in total. The van der Waals surface area contributed by atoms with E-state index in [1.165, 1.54) is 16.3 Å². The molecule has 0 atom stereocenters. The van der Waals surface area contributed by atoms with Gasteiger partial charge in [0.15, 0.2) is 17.2 Å². The Bertz CT molecular complexity index is 1120. The van der Waals surface area contributed by atoms with Gasteiger partial charge in [-0.2, -0.15) is 5.10 Å². The van der Waals surface area contributed by atoms with Crippen molar-refractivity contribution in [2.75, 3.05) is 0 Å². The van der Waals surface area contributed by atoms with Crippen LogP contribution in [0.15, 0.2) is 72.8 Å². The molecular formula is C23H18N2O2. The van der Waals surface area contributed by atoms with Gasteiger partial charge in [0.25, 0.3) is 5.88 Å². The van der Waals surface area contributed by atoms with E-state index < -0.39 is 0 Å². The van der Waals surface area contributed by atoms with Gasteiger partial charge in [0.1, 0.15) is 0 Å². The van der Waals surface area contributed by atoms with E-state index in [0.29, 0.717) is 23.1 Å². The average molecular weight is 354 g/mol. The Morgan fingerprint density at radius 2 is 1.44 bits per heavy atom. The molecule has 2 heterocycles. The molecule has 27 heavy (non-hydrogen) atoms. The SMILES string of the molecule is c1ccc2c(c1)Oc1cc(CCCc3cccc4ccccc34)nnc1O2. The van der Waals surface area contributed by atoms with E-state index in [-0.39, 0.29) is 0 Å². The van der Waals surface area contributed by atoms with Crippen LogP contribution >= 0.6 is 0 Å². The first-order valence-electron chi connectivity index (χ1n) is 9.15. The summed E-state index contributed by atoms with van der Waals surface area (Å²) in [7, 11) is 0. The van der Waals surface area contributed by atoms with Crippen LogP contribution in [0.4, 0.5) is 0 Å². The second kappa shape index (κ2) is 6.72. The summed E-state index contributed by atoms with van der Waals surface area (Å²) in [5.74, 6) is 2.43. The molecule has 0 radical (unpaired) electrons. The van der Waals surface area contributed by atoms with Crippen molar-refractivity contribution in [1.29, 1.82) is 0 Å². The van der Waals surface area contributed by atoms with E-state index in [1.807, 2.05) is 30.3 Å². The van der Waals surface area contributed by atoms with E-state index in [9.17, 15) is 0 Å². The highest BCUT2D eigenvalue weighted by atomic mass is 16.6. The molecule has 0 aliphatic carbocycles. The van der Waals surface area contributed by atoms with Gasteiger partial charge in [-0.15, -0.1) is 5.10 Å². The van der Waals surface area contributed by atoms with E-state index in [2.05, 4.69) is 52.7 Å². The third-order valence-electron chi connectivity index (χ3n) is 4.81. The van der Waals surface area contributed by atoms with E-state index in [4.69, 9.17) is 9.47 Å². The van der Waals surface area contributed by atoms with Crippen molar-refractivity contribution in [2.24, 2.45) is 0 Å². The molecule has 4 aromatic rings. The van der Waals surface area contributed by atoms with Crippen LogP contribution in [0.3, 0.4) is 0 Å². The van der Waals surface area contributed by atoms with Crippen LogP contribution in [-0.4, -0.2) is 10.2 Å². The Labute approximate surface area is 157 Å². The Kier molecular flexibility index (Phi) is 3.94. The monoisotopic (exact) mass is 354 g/mol. The summed E-state index contributed by atoms with van der Waals surface area (Å²) in [5, 5.41) is 11.1. The summed E-state index contributed by atoms with van der Waals surface area (Å²) >= 11 is 0. The molecule has 0 amide bonds. The zero-order valence-electron chi connectivity index (χ0n) is 14.8. The van der Waals surface area contributed by atoms with Gasteiger partial charge in [-0.25, -0.2) is 0 Å². The maximum Gasteiger partial charge on any atom is 0.282 e. The fourth-order valence-corrected chi connectivity index (χ4v) is 3.48. The first kappa shape index (κ1) is 15.8. The number of aryl methyl sites for hydroxylation is 2. The van der Waals surface area contributed by atoms with Gasteiger partial charge in [0.2, 0.25) is 0 Å². The first-order chi connectivity index (χ1) is 13.4. The number of ether oxygens (including phenoxy) is 2. The normalized spacial score (nSPS) is 12.0. The van der Waals surface area contributed by atoms with Gasteiger partial charge in [-0.05, 0) is 47.7 Å². The molecule has 4 heteroatoms. The van der Waals surface area contributed by atoms with Crippen LogP contribution in [0, 0.1) is 0 Å². The smallest absolute Gasteiger partial charge is 0.282 e. The number of benzene rings is 3. The lowest BCUT2D eigenvalue weighted by Crippen LogP contribution is -2.04. The maximum absolute atomic E-state index is 5.91. The molecule has 0 fully saturated rings. The van der Waals surface area contributed by atoms with Crippen molar-refractivity contribution in [2.45, 2.75) is 19.3 Å². The molecule has 0 spiro atoms. The fourth-order valence-electron chi connectivity index (χ4n) is 3.48. The van der Waals surface area contributed by atoms with Gasteiger partial charge in [0, 0.05) is 6.07 Å². The number of fused-ring (bicyclic) bond motifs is 3. The van der Waals surface area contributed by atoms with Crippen LogP contribution in [-0.2, 0) is 12.8 Å². The number of para-hydroxylation sites is 2. The Hall–Kier alpha value is -3.40. The molecule has 5 rings (SSSR count). The molecule has 3 aromatic carbocycles. The zero-order chi connectivity index (χ0) is 18.1. The average Bonchev–Trinajstić information content (AvgIpc) is 2.72. The third kappa shape index (κ3) is 3.10. The molecule has 1 aromatic heterocycles. The van der Waals surface area contributed by atoms with Crippen LogP contribution in [0.25, 0.3) is 10.8 Å². The Morgan fingerprint density at radius 1 is 0.667 bits per heavy atom. The van der Waals surface area contributed by atoms with E-state index >= 15 is 0 Å². The summed E-state index contributed by atoms with van der Waals surface area (Å²) in [6, 6.07) is 24.5. The van der Waals surface area contributed by atoms with Gasteiger partial charge in [-0.3, -0.25) is 0 Å². The molecule has 4 nitrogen and oxygen atoms in total. The highest BCUT2D eigenvalue weighted by Gasteiger charge is 2.20. The Balaban J connectivity index is 1.30. The summed E-state index contributed by atoms with van der Waals surface area (Å²) in [6.45, 7) is 0. The Morgan fingerprint density at radius 3 is 2.37 bits per heavy atom. The predicted molar refractivity (Wildman–Crippen MR) is 105 cm³/mol. The fraction of sp³-hybridized carbons (Fsp3) is 0.130. The van der Waals surface area contributed by atoms with Crippen molar-refractivity contribution in [1.82, 2.24) is 10.2 Å². The lowest BCUT2D eigenvalue weighted by Gasteiger charge is -2.19. The quantitative estimate of drug-likeness (QED) is 0.415. The number of hydrogen-bond acceptors (Lipinski definition) is 4. The molecular weight excluding hydrogens is 336 g/mol. The molecule has 0 bridgehead atoms. The highest BCUT2D eigenvalue weighted by molar-refractivity contribution is 5.85. The molecule has 0 saturated carbocycles. The second-order valence-electron chi connectivity index (χ2n) is 6.65. The predicted octanol–water partition coefficient (Wildman–Crippen LogP) is 5.70. The number of aromatic nitrogens is 2. The van der Waals surface area contributed by atoms with E-state index in [0.717, 1.165) is 25.0 Å². The van der Waals surface area contributed by atoms with Crippen LogP contribution in [0.1, 0.15) is 17.7 Å². The van der Waals surface area contributed by atoms with Crippen molar-refractivity contribution in [3.63, 3.8) is 0 Å². The van der Waals surface area contributed by atoms with Crippen molar-refractivity contribution < 1.29 is 9.47 Å². The number of hydrogen-bond donors (Lipinski definition) is 0. The minimum atomic E-state index is 0.423. The second-order valence-corrected chi connectivity index (χ2v) is 6.65. The van der Waals surface area contributed by atoms with Crippen molar-refractivity contribution in [3.05, 3.63) is 84.1 Å². The van der Waals surface area contributed by atoms with Gasteiger partial charge >= 0.3 is 0 Å². The zero-order valence-corrected chi connectivity index (χ0v) is 14.8. The minimum Gasteiger partial charge on any atom is -0.448 e. The van der Waals surface area contributed by atoms with Crippen molar-refractivity contribution in [3.8, 4) is 23.1 Å². The maximum atomic E-state index is 5.91. The summed E-state index contributed by atoms with van der Waals surface area (Å²) in [5.41, 5.74) is 2.28. The summed E-state index contributed by atoms with van der Waals surface area (Å²) in [4.78, 5) is 0. The van der Waals surface area contributed by atoms with Crippen LogP contribution in [0.2, 0.25) is 0 Å². The highest BCUT2D eigenvalue weighted by Crippen LogP contribution is 2.43.